The van der Waals surface area contributed by atoms with E-state index in [0.29, 0.717) is 19.4 Å². The molecule has 0 radical (unpaired) electrons. The van der Waals surface area contributed by atoms with Crippen LogP contribution < -0.4 is 5.32 Å². The van der Waals surface area contributed by atoms with Gasteiger partial charge in [-0.2, -0.15) is 13.2 Å². The zero-order valence-electron chi connectivity index (χ0n) is 9.76. The summed E-state index contributed by atoms with van der Waals surface area (Å²) >= 11 is 0. The van der Waals surface area contributed by atoms with Crippen molar-refractivity contribution in [1.29, 1.82) is 0 Å². The van der Waals surface area contributed by atoms with Gasteiger partial charge in [-0.15, -0.1) is 0 Å². The molecule has 17 heavy (non-hydrogen) atoms. The fraction of sp³-hybridized carbons (Fsp3) is 1.00. The first-order valence-electron chi connectivity index (χ1n) is 5.66. The van der Waals surface area contributed by atoms with Gasteiger partial charge in [-0.05, 0) is 25.7 Å². The van der Waals surface area contributed by atoms with Crippen molar-refractivity contribution < 1.29 is 21.6 Å². The minimum absolute atomic E-state index is 0.0235. The van der Waals surface area contributed by atoms with Gasteiger partial charge in [-0.3, -0.25) is 0 Å². The van der Waals surface area contributed by atoms with Gasteiger partial charge in [0.25, 0.3) is 0 Å². The molecule has 1 N–H and O–H groups in total. The Hall–Kier alpha value is -0.300. The summed E-state index contributed by atoms with van der Waals surface area (Å²) in [6.07, 6.45) is -1.73. The Kier molecular flexibility index (Phi) is 4.83. The Balaban J connectivity index is 2.24. The highest BCUT2D eigenvalue weighted by atomic mass is 32.2. The molecule has 1 rings (SSSR count). The molecule has 0 atom stereocenters. The Morgan fingerprint density at radius 2 is 1.71 bits per heavy atom. The summed E-state index contributed by atoms with van der Waals surface area (Å²) in [6, 6.07) is 0.0235. The molecule has 1 aliphatic rings. The number of alkyl halides is 3. The summed E-state index contributed by atoms with van der Waals surface area (Å²) in [4.78, 5) is 0. The molecule has 1 aliphatic carbocycles. The molecule has 0 bridgehead atoms. The van der Waals surface area contributed by atoms with Gasteiger partial charge >= 0.3 is 6.18 Å². The number of hydrogen-bond acceptors (Lipinski definition) is 3. The third-order valence-corrected chi connectivity index (χ3v) is 4.04. The van der Waals surface area contributed by atoms with Crippen LogP contribution in [0.2, 0.25) is 0 Å². The molecule has 0 unspecified atom stereocenters. The lowest BCUT2D eigenvalue weighted by atomic mass is 9.85. The Morgan fingerprint density at radius 3 is 2.12 bits per heavy atom. The zero-order valence-corrected chi connectivity index (χ0v) is 10.6. The van der Waals surface area contributed by atoms with E-state index in [1.165, 1.54) is 0 Å². The van der Waals surface area contributed by atoms with Gasteiger partial charge in [-0.1, -0.05) is 0 Å². The average molecular weight is 273 g/mol. The standard InChI is InChI=1S/C10H18F3NO2S/c1-17(15,16)7-6-14-9-4-2-8(3-5-9)10(11,12)13/h8-9,14H,2-7H2,1H3. The predicted molar refractivity (Wildman–Crippen MR) is 59.5 cm³/mol. The lowest BCUT2D eigenvalue weighted by molar-refractivity contribution is -0.182. The van der Waals surface area contributed by atoms with Crippen LogP contribution in [0.3, 0.4) is 0 Å². The van der Waals surface area contributed by atoms with Gasteiger partial charge in [0.1, 0.15) is 9.84 Å². The van der Waals surface area contributed by atoms with Crippen molar-refractivity contribution in [3.05, 3.63) is 0 Å². The van der Waals surface area contributed by atoms with Gasteiger partial charge in [-0.25, -0.2) is 8.42 Å². The van der Waals surface area contributed by atoms with E-state index < -0.39 is 21.9 Å². The van der Waals surface area contributed by atoms with Gasteiger partial charge in [0.05, 0.1) is 11.7 Å². The Morgan fingerprint density at radius 1 is 1.18 bits per heavy atom. The van der Waals surface area contributed by atoms with E-state index in [0.717, 1.165) is 6.26 Å². The Bertz CT molecular complexity index is 332. The van der Waals surface area contributed by atoms with Crippen LogP contribution in [0.5, 0.6) is 0 Å². The highest BCUT2D eigenvalue weighted by Crippen LogP contribution is 2.37. The fourth-order valence-electron chi connectivity index (χ4n) is 2.07. The first-order chi connectivity index (χ1) is 7.68. The van der Waals surface area contributed by atoms with E-state index in [9.17, 15) is 21.6 Å². The largest absolute Gasteiger partial charge is 0.391 e. The van der Waals surface area contributed by atoms with Crippen LogP contribution in [0.15, 0.2) is 0 Å². The molecule has 0 amide bonds. The predicted octanol–water partition coefficient (Wildman–Crippen LogP) is 1.74. The summed E-state index contributed by atoms with van der Waals surface area (Å²) in [6.45, 7) is 0.320. The highest BCUT2D eigenvalue weighted by molar-refractivity contribution is 7.90. The van der Waals surface area contributed by atoms with Crippen molar-refractivity contribution in [3.63, 3.8) is 0 Å². The van der Waals surface area contributed by atoms with Crippen LogP contribution in [-0.4, -0.2) is 39.2 Å². The van der Waals surface area contributed by atoms with E-state index in [1.807, 2.05) is 0 Å². The SMILES string of the molecule is CS(=O)(=O)CCNC1CCC(C(F)(F)F)CC1. The second kappa shape index (κ2) is 5.56. The van der Waals surface area contributed by atoms with E-state index in [4.69, 9.17) is 0 Å². The van der Waals surface area contributed by atoms with Crippen LogP contribution in [0.25, 0.3) is 0 Å². The van der Waals surface area contributed by atoms with Crippen molar-refractivity contribution in [2.24, 2.45) is 5.92 Å². The minimum atomic E-state index is -4.09. The van der Waals surface area contributed by atoms with Crippen LogP contribution in [0.1, 0.15) is 25.7 Å². The van der Waals surface area contributed by atoms with Crippen molar-refractivity contribution in [3.8, 4) is 0 Å². The molecule has 0 aliphatic heterocycles. The zero-order chi connectivity index (χ0) is 13.1. The lowest BCUT2D eigenvalue weighted by Crippen LogP contribution is -2.38. The smallest absolute Gasteiger partial charge is 0.313 e. The topological polar surface area (TPSA) is 46.2 Å². The van der Waals surface area contributed by atoms with Crippen LogP contribution >= 0.6 is 0 Å². The monoisotopic (exact) mass is 273 g/mol. The molecule has 0 aromatic heterocycles. The molecule has 0 aromatic carbocycles. The summed E-state index contributed by atoms with van der Waals surface area (Å²) in [7, 11) is -3.00. The maximum atomic E-state index is 12.4. The summed E-state index contributed by atoms with van der Waals surface area (Å²) in [5, 5.41) is 3.00. The minimum Gasteiger partial charge on any atom is -0.313 e. The average Bonchev–Trinajstić information content (AvgIpc) is 2.15. The molecular weight excluding hydrogens is 255 g/mol. The molecule has 0 saturated heterocycles. The van der Waals surface area contributed by atoms with Crippen molar-refractivity contribution in [2.45, 2.75) is 37.9 Å². The highest BCUT2D eigenvalue weighted by Gasteiger charge is 2.41. The number of hydrogen-bond donors (Lipinski definition) is 1. The molecule has 0 spiro atoms. The van der Waals surface area contributed by atoms with Gasteiger partial charge in [0.15, 0.2) is 0 Å². The number of nitrogens with one attached hydrogen (secondary N) is 1. The number of halogens is 3. The van der Waals surface area contributed by atoms with E-state index in [-0.39, 0.29) is 24.6 Å². The molecule has 102 valence electrons. The lowest BCUT2D eigenvalue weighted by Gasteiger charge is -2.30. The van der Waals surface area contributed by atoms with Gasteiger partial charge in [0.2, 0.25) is 0 Å². The second-order valence-corrected chi connectivity index (χ2v) is 6.93. The van der Waals surface area contributed by atoms with Gasteiger partial charge < -0.3 is 5.32 Å². The van der Waals surface area contributed by atoms with Crippen LogP contribution in [0, 0.1) is 5.92 Å². The van der Waals surface area contributed by atoms with Crippen LogP contribution in [0.4, 0.5) is 13.2 Å². The van der Waals surface area contributed by atoms with Crippen LogP contribution in [-0.2, 0) is 9.84 Å². The quantitative estimate of drug-likeness (QED) is 0.848. The summed E-state index contributed by atoms with van der Waals surface area (Å²) < 4.78 is 58.9. The molecule has 3 nitrogen and oxygen atoms in total. The third-order valence-electron chi connectivity index (χ3n) is 3.10. The van der Waals surface area contributed by atoms with Crippen molar-refractivity contribution in [1.82, 2.24) is 5.32 Å². The van der Waals surface area contributed by atoms with E-state index >= 15 is 0 Å². The Labute approximate surface area is 99.7 Å². The number of rotatable bonds is 4. The van der Waals surface area contributed by atoms with E-state index in [2.05, 4.69) is 5.32 Å². The molecule has 0 aromatic rings. The first kappa shape index (κ1) is 14.8. The van der Waals surface area contributed by atoms with E-state index in [1.54, 1.807) is 0 Å². The molecule has 7 heteroatoms. The third kappa shape index (κ3) is 5.72. The normalized spacial score (nSPS) is 27.1. The molecule has 1 fully saturated rings. The maximum Gasteiger partial charge on any atom is 0.391 e. The molecule has 0 heterocycles. The summed E-state index contributed by atoms with van der Waals surface area (Å²) in [5.41, 5.74) is 0. The fourth-order valence-corrected chi connectivity index (χ4v) is 2.56. The van der Waals surface area contributed by atoms with Crippen molar-refractivity contribution >= 4 is 9.84 Å². The molecular formula is C10H18F3NO2S. The number of sulfone groups is 1. The van der Waals surface area contributed by atoms with Gasteiger partial charge in [0, 0.05) is 18.8 Å². The molecule has 1 saturated carbocycles. The summed E-state index contributed by atoms with van der Waals surface area (Å²) in [5.74, 6) is -1.15. The second-order valence-electron chi connectivity index (χ2n) is 4.67. The van der Waals surface area contributed by atoms with Crippen molar-refractivity contribution in [2.75, 3.05) is 18.6 Å². The first-order valence-corrected chi connectivity index (χ1v) is 7.72. The maximum absolute atomic E-state index is 12.4.